The largest absolute Gasteiger partial charge is 0.482 e. The maximum Gasteiger partial charge on any atom is 0.258 e. The van der Waals surface area contributed by atoms with Gasteiger partial charge in [0.2, 0.25) is 0 Å². The van der Waals surface area contributed by atoms with Crippen LogP contribution in [0.4, 0.5) is 0 Å². The van der Waals surface area contributed by atoms with Crippen LogP contribution >= 0.6 is 0 Å². The fourth-order valence-corrected chi connectivity index (χ4v) is 4.49. The van der Waals surface area contributed by atoms with E-state index >= 15 is 0 Å². The molecular formula is C20H21NO3. The molecule has 4 rings (SSSR count). The number of methoxy groups -OCH3 is 1. The quantitative estimate of drug-likeness (QED) is 0.856. The lowest BCUT2D eigenvalue weighted by molar-refractivity contribution is -0.0927. The van der Waals surface area contributed by atoms with Crippen LogP contribution in [0.25, 0.3) is 11.1 Å². The first-order valence-electron chi connectivity index (χ1n) is 8.17. The molecule has 2 atom stereocenters. The molecule has 1 aromatic heterocycles. The van der Waals surface area contributed by atoms with Gasteiger partial charge in [-0.25, -0.2) is 0 Å². The van der Waals surface area contributed by atoms with Crippen LogP contribution in [0, 0.1) is 0 Å². The summed E-state index contributed by atoms with van der Waals surface area (Å²) in [6.45, 7) is 6.15. The van der Waals surface area contributed by atoms with E-state index in [0.29, 0.717) is 11.3 Å². The van der Waals surface area contributed by atoms with Gasteiger partial charge in [0.25, 0.3) is 5.56 Å². The Labute approximate surface area is 141 Å². The maximum atomic E-state index is 12.8. The van der Waals surface area contributed by atoms with Crippen LogP contribution < -0.4 is 10.3 Å². The number of hydrogen-bond acceptors (Lipinski definition) is 3. The highest BCUT2D eigenvalue weighted by atomic mass is 16.6. The molecule has 0 fully saturated rings. The zero-order chi connectivity index (χ0) is 17.1. The molecule has 4 nitrogen and oxygen atoms in total. The van der Waals surface area contributed by atoms with Crippen LogP contribution in [0.15, 0.2) is 52.5 Å². The summed E-state index contributed by atoms with van der Waals surface area (Å²) in [5, 5.41) is 0. The number of fused-ring (bicyclic) bond motifs is 3. The third-order valence-corrected chi connectivity index (χ3v) is 5.63. The summed E-state index contributed by atoms with van der Waals surface area (Å²) in [5.41, 5.74) is 3.20. The van der Waals surface area contributed by atoms with Crippen molar-refractivity contribution in [3.05, 3.63) is 63.6 Å². The Morgan fingerprint density at radius 1 is 1.21 bits per heavy atom. The number of aromatic amines is 1. The highest BCUT2D eigenvalue weighted by Crippen LogP contribution is 2.60. The number of rotatable bonds is 2. The Kier molecular flexibility index (Phi) is 3.06. The average molecular weight is 323 g/mol. The molecule has 0 bridgehead atoms. The molecule has 124 valence electrons. The van der Waals surface area contributed by atoms with Crippen molar-refractivity contribution in [2.24, 2.45) is 0 Å². The highest BCUT2D eigenvalue weighted by Gasteiger charge is 2.65. The van der Waals surface area contributed by atoms with E-state index in [-0.39, 0.29) is 5.56 Å². The maximum absolute atomic E-state index is 12.8. The van der Waals surface area contributed by atoms with E-state index < -0.39 is 11.2 Å². The molecule has 1 aromatic carbocycles. The topological polar surface area (TPSA) is 51.3 Å². The number of pyridine rings is 1. The van der Waals surface area contributed by atoms with Crippen molar-refractivity contribution in [2.75, 3.05) is 7.11 Å². The predicted molar refractivity (Wildman–Crippen MR) is 93.2 cm³/mol. The zero-order valence-corrected chi connectivity index (χ0v) is 14.4. The summed E-state index contributed by atoms with van der Waals surface area (Å²) >= 11 is 0. The van der Waals surface area contributed by atoms with Crippen LogP contribution in [0.1, 0.15) is 32.8 Å². The smallest absolute Gasteiger partial charge is 0.258 e. The molecule has 0 saturated heterocycles. The van der Waals surface area contributed by atoms with E-state index in [1.54, 1.807) is 13.3 Å². The number of nitrogens with one attached hydrogen (secondary N) is 1. The van der Waals surface area contributed by atoms with Crippen LogP contribution in [-0.2, 0) is 10.3 Å². The van der Waals surface area contributed by atoms with Crippen LogP contribution in [0.2, 0.25) is 0 Å². The minimum absolute atomic E-state index is 0.149. The van der Waals surface area contributed by atoms with Crippen molar-refractivity contribution in [3.8, 4) is 16.9 Å². The molecule has 2 aromatic rings. The number of aromatic nitrogens is 1. The number of benzene rings is 1. The Bertz CT molecular complexity index is 912. The molecule has 0 saturated carbocycles. The Hall–Kier alpha value is -2.33. The van der Waals surface area contributed by atoms with Crippen LogP contribution in [0.3, 0.4) is 0 Å². The van der Waals surface area contributed by atoms with Crippen molar-refractivity contribution >= 4 is 0 Å². The molecule has 1 N–H and O–H groups in total. The van der Waals surface area contributed by atoms with Gasteiger partial charge < -0.3 is 14.5 Å². The van der Waals surface area contributed by atoms with Gasteiger partial charge in [0.05, 0.1) is 5.56 Å². The van der Waals surface area contributed by atoms with Crippen LogP contribution in [0.5, 0.6) is 5.75 Å². The molecule has 24 heavy (non-hydrogen) atoms. The van der Waals surface area contributed by atoms with Gasteiger partial charge in [-0.3, -0.25) is 4.79 Å². The molecular weight excluding hydrogens is 302 g/mol. The van der Waals surface area contributed by atoms with Crippen molar-refractivity contribution in [3.63, 3.8) is 0 Å². The second kappa shape index (κ2) is 4.84. The van der Waals surface area contributed by atoms with Crippen LogP contribution in [-0.4, -0.2) is 17.7 Å². The summed E-state index contributed by atoms with van der Waals surface area (Å²) in [4.78, 5) is 15.6. The molecule has 0 spiro atoms. The van der Waals surface area contributed by atoms with Gasteiger partial charge in [0.1, 0.15) is 11.4 Å². The Balaban J connectivity index is 2.06. The van der Waals surface area contributed by atoms with Gasteiger partial charge in [0.15, 0.2) is 5.60 Å². The fourth-order valence-electron chi connectivity index (χ4n) is 4.49. The number of hydrogen-bond donors (Lipinski definition) is 1. The predicted octanol–water partition coefficient (Wildman–Crippen LogP) is 3.77. The summed E-state index contributed by atoms with van der Waals surface area (Å²) in [5.74, 6) is 0.640. The standard InChI is InChI=1S/C20H21NO3/c1-12-10-19(3)20(23-4,13(12)2)16-17(24-19)15(11-21-18(16)22)14-8-6-5-7-9-14/h5-9,11H,10H2,1-4H3,(H,21,22)/t19-,20+/m1/s1. The van der Waals surface area contributed by atoms with Gasteiger partial charge in [-0.15, -0.1) is 0 Å². The Morgan fingerprint density at radius 2 is 1.92 bits per heavy atom. The van der Waals surface area contributed by atoms with Gasteiger partial charge in [-0.05, 0) is 31.9 Å². The number of ether oxygens (including phenoxy) is 2. The molecule has 1 aliphatic carbocycles. The van der Waals surface area contributed by atoms with Crippen molar-refractivity contribution < 1.29 is 9.47 Å². The van der Waals surface area contributed by atoms with Gasteiger partial charge in [0, 0.05) is 25.3 Å². The summed E-state index contributed by atoms with van der Waals surface area (Å²) < 4.78 is 12.4. The Morgan fingerprint density at radius 3 is 2.58 bits per heavy atom. The van der Waals surface area contributed by atoms with E-state index in [0.717, 1.165) is 23.1 Å². The summed E-state index contributed by atoms with van der Waals surface area (Å²) in [6, 6.07) is 9.96. The van der Waals surface area contributed by atoms with Crippen molar-refractivity contribution in [1.82, 2.24) is 4.98 Å². The minimum Gasteiger partial charge on any atom is -0.482 e. The average Bonchev–Trinajstić information content (AvgIpc) is 2.94. The monoisotopic (exact) mass is 323 g/mol. The second-order valence-corrected chi connectivity index (χ2v) is 6.90. The summed E-state index contributed by atoms with van der Waals surface area (Å²) in [6.07, 6.45) is 2.48. The number of H-pyrrole nitrogens is 1. The third kappa shape index (κ3) is 1.64. The lowest BCUT2D eigenvalue weighted by Crippen LogP contribution is -2.49. The molecule has 1 aliphatic heterocycles. The molecule has 0 unspecified atom stereocenters. The first kappa shape index (κ1) is 15.2. The van der Waals surface area contributed by atoms with Gasteiger partial charge in [-0.2, -0.15) is 0 Å². The first-order chi connectivity index (χ1) is 11.4. The summed E-state index contributed by atoms with van der Waals surface area (Å²) in [7, 11) is 1.66. The molecule has 4 heteroatoms. The highest BCUT2D eigenvalue weighted by molar-refractivity contribution is 5.74. The normalized spacial score (nSPS) is 27.8. The minimum atomic E-state index is -0.829. The van der Waals surface area contributed by atoms with E-state index in [1.165, 1.54) is 5.57 Å². The SMILES string of the molecule is CO[C@]12C(C)=C(C)C[C@@]1(C)Oc1c(-c3ccccc3)c[nH]c(=O)c12. The molecule has 0 amide bonds. The lowest BCUT2D eigenvalue weighted by atomic mass is 9.79. The van der Waals surface area contributed by atoms with E-state index in [9.17, 15) is 4.79 Å². The molecule has 2 aliphatic rings. The third-order valence-electron chi connectivity index (χ3n) is 5.63. The fraction of sp³-hybridized carbons (Fsp3) is 0.350. The van der Waals surface area contributed by atoms with E-state index in [4.69, 9.17) is 9.47 Å². The van der Waals surface area contributed by atoms with Crippen molar-refractivity contribution in [2.45, 2.75) is 38.4 Å². The molecule has 2 heterocycles. The zero-order valence-electron chi connectivity index (χ0n) is 14.4. The van der Waals surface area contributed by atoms with Crippen molar-refractivity contribution in [1.29, 1.82) is 0 Å². The first-order valence-corrected chi connectivity index (χ1v) is 8.17. The van der Waals surface area contributed by atoms with E-state index in [1.807, 2.05) is 44.2 Å². The van der Waals surface area contributed by atoms with Gasteiger partial charge >= 0.3 is 0 Å². The van der Waals surface area contributed by atoms with Gasteiger partial charge in [-0.1, -0.05) is 35.9 Å². The van der Waals surface area contributed by atoms with E-state index in [2.05, 4.69) is 11.9 Å². The molecule has 0 radical (unpaired) electrons. The lowest BCUT2D eigenvalue weighted by Gasteiger charge is -2.36. The second-order valence-electron chi connectivity index (χ2n) is 6.90.